The van der Waals surface area contributed by atoms with Crippen LogP contribution in [0.2, 0.25) is 0 Å². The summed E-state index contributed by atoms with van der Waals surface area (Å²) >= 11 is 0. The van der Waals surface area contributed by atoms with E-state index in [9.17, 15) is 9.59 Å². The van der Waals surface area contributed by atoms with Crippen LogP contribution in [0.25, 0.3) is 11.3 Å². The summed E-state index contributed by atoms with van der Waals surface area (Å²) in [5.74, 6) is 0.597. The van der Waals surface area contributed by atoms with Crippen LogP contribution in [0.15, 0.2) is 102 Å². The molecule has 196 valence electrons. The Bertz CT molecular complexity index is 1330. The molecule has 1 heterocycles. The molecule has 0 aliphatic heterocycles. The number of rotatable bonds is 13. The highest BCUT2D eigenvalue weighted by Gasteiger charge is 2.19. The first-order valence-corrected chi connectivity index (χ1v) is 12.6. The Morgan fingerprint density at radius 1 is 0.895 bits per heavy atom. The van der Waals surface area contributed by atoms with Gasteiger partial charge in [0.15, 0.2) is 0 Å². The summed E-state index contributed by atoms with van der Waals surface area (Å²) in [5, 5.41) is 8.60. The number of para-hydroxylation sites is 1. The molecule has 0 aliphatic carbocycles. The summed E-state index contributed by atoms with van der Waals surface area (Å²) in [6.07, 6.45) is 3.96. The summed E-state index contributed by atoms with van der Waals surface area (Å²) in [4.78, 5) is 26.5. The molecular formula is C31H32N2O5. The van der Waals surface area contributed by atoms with Crippen molar-refractivity contribution < 1.29 is 25.3 Å². The first-order chi connectivity index (χ1) is 19.1. The topological polar surface area (TPSA) is 92.0 Å². The predicted molar refractivity (Wildman–Crippen MR) is 144 cm³/mol. The summed E-state index contributed by atoms with van der Waals surface area (Å²) in [7, 11) is 0. The highest BCUT2D eigenvalue weighted by atomic mass is 16.5. The predicted octanol–water partition coefficient (Wildman–Crippen LogP) is 6.23. The van der Waals surface area contributed by atoms with Crippen LogP contribution in [0.4, 0.5) is 0 Å². The number of ether oxygens (including phenoxy) is 1. The molecule has 7 nitrogen and oxygen atoms in total. The minimum absolute atomic E-state index is 0.251. The summed E-state index contributed by atoms with van der Waals surface area (Å²) < 4.78 is 20.6. The first-order valence-electron chi connectivity index (χ1n) is 13.2. The fraction of sp³-hybridized carbons (Fsp3) is 0.226. The SMILES string of the molecule is [2H]C(c1ccccc1OCCCCCC(=O)NO)N(Cc1ccccc1)C(=O)c1ccc(-c2ccco2)cc1. The van der Waals surface area contributed by atoms with E-state index in [1.807, 2.05) is 72.8 Å². The van der Waals surface area contributed by atoms with Gasteiger partial charge in [0.05, 0.1) is 14.2 Å². The molecule has 7 heteroatoms. The fourth-order valence-electron chi connectivity index (χ4n) is 4.03. The van der Waals surface area contributed by atoms with Gasteiger partial charge in [-0.3, -0.25) is 14.8 Å². The number of amides is 2. The molecule has 38 heavy (non-hydrogen) atoms. The Kier molecular flexibility index (Phi) is 9.19. The van der Waals surface area contributed by atoms with E-state index in [4.69, 9.17) is 15.7 Å². The van der Waals surface area contributed by atoms with Gasteiger partial charge in [-0.1, -0.05) is 60.7 Å². The Morgan fingerprint density at radius 3 is 2.39 bits per heavy atom. The molecule has 2 N–H and O–H groups in total. The molecule has 0 spiro atoms. The van der Waals surface area contributed by atoms with E-state index in [2.05, 4.69) is 0 Å². The summed E-state index contributed by atoms with van der Waals surface area (Å²) in [5.41, 5.74) is 4.48. The van der Waals surface area contributed by atoms with E-state index in [1.165, 1.54) is 4.90 Å². The quantitative estimate of drug-likeness (QED) is 0.126. The van der Waals surface area contributed by atoms with Crippen LogP contribution >= 0.6 is 0 Å². The molecule has 3 aromatic carbocycles. The van der Waals surface area contributed by atoms with E-state index in [0.29, 0.717) is 36.3 Å². The number of carbonyl (C=O) groups excluding carboxylic acids is 2. The molecule has 0 saturated carbocycles. The normalized spacial score (nSPS) is 11.9. The first kappa shape index (κ1) is 25.3. The molecule has 0 aliphatic rings. The number of furan rings is 1. The number of nitrogens with zero attached hydrogens (tertiary/aromatic N) is 1. The second kappa shape index (κ2) is 13.8. The van der Waals surface area contributed by atoms with Gasteiger partial charge >= 0.3 is 0 Å². The van der Waals surface area contributed by atoms with E-state index in [1.54, 1.807) is 29.9 Å². The van der Waals surface area contributed by atoms with Crippen molar-refractivity contribution in [3.05, 3.63) is 114 Å². The van der Waals surface area contributed by atoms with Gasteiger partial charge in [0.2, 0.25) is 5.91 Å². The zero-order chi connectivity index (χ0) is 27.5. The second-order valence-electron chi connectivity index (χ2n) is 8.83. The van der Waals surface area contributed by atoms with Crippen LogP contribution in [0.1, 0.15) is 48.5 Å². The Hall–Kier alpha value is -4.36. The third-order valence-corrected chi connectivity index (χ3v) is 6.04. The van der Waals surface area contributed by atoms with Gasteiger partial charge in [-0.25, -0.2) is 5.48 Å². The minimum Gasteiger partial charge on any atom is -0.493 e. The lowest BCUT2D eigenvalue weighted by molar-refractivity contribution is -0.129. The van der Waals surface area contributed by atoms with Gasteiger partial charge in [-0.05, 0) is 55.2 Å². The molecule has 4 rings (SSSR count). The Morgan fingerprint density at radius 2 is 1.66 bits per heavy atom. The highest BCUT2D eigenvalue weighted by molar-refractivity contribution is 5.94. The number of hydrogen-bond acceptors (Lipinski definition) is 5. The molecule has 0 fully saturated rings. The molecule has 1 unspecified atom stereocenters. The van der Waals surface area contributed by atoms with Crippen molar-refractivity contribution in [2.24, 2.45) is 0 Å². The number of carbonyl (C=O) groups is 2. The van der Waals surface area contributed by atoms with Crippen molar-refractivity contribution in [2.45, 2.75) is 38.7 Å². The summed E-state index contributed by atoms with van der Waals surface area (Å²) in [6.45, 7) is -0.340. The van der Waals surface area contributed by atoms with Crippen molar-refractivity contribution >= 4 is 11.8 Å². The fourth-order valence-corrected chi connectivity index (χ4v) is 4.03. The van der Waals surface area contributed by atoms with Crippen LogP contribution in [0, 0.1) is 0 Å². The van der Waals surface area contributed by atoms with Gasteiger partial charge in [0.25, 0.3) is 5.91 Å². The van der Waals surface area contributed by atoms with Crippen LogP contribution in [-0.2, 0) is 17.9 Å². The minimum atomic E-state index is -1.01. The molecule has 0 radical (unpaired) electrons. The molecule has 4 aromatic rings. The lowest BCUT2D eigenvalue weighted by Gasteiger charge is -2.24. The Balaban J connectivity index is 1.51. The third kappa shape index (κ3) is 7.57. The number of nitrogens with one attached hydrogen (secondary N) is 1. The maximum atomic E-state index is 13.8. The smallest absolute Gasteiger partial charge is 0.254 e. The van der Waals surface area contributed by atoms with Gasteiger partial charge in [0.1, 0.15) is 11.5 Å². The zero-order valence-corrected chi connectivity index (χ0v) is 21.1. The van der Waals surface area contributed by atoms with Crippen molar-refractivity contribution in [1.82, 2.24) is 10.4 Å². The van der Waals surface area contributed by atoms with Crippen molar-refractivity contribution in [2.75, 3.05) is 6.61 Å². The number of hydrogen-bond donors (Lipinski definition) is 2. The van der Waals surface area contributed by atoms with Gasteiger partial charge in [-0.2, -0.15) is 0 Å². The number of hydroxylamine groups is 1. The second-order valence-corrected chi connectivity index (χ2v) is 8.83. The molecule has 1 aromatic heterocycles. The average molecular weight is 514 g/mol. The molecule has 0 bridgehead atoms. The largest absolute Gasteiger partial charge is 0.493 e. The highest BCUT2D eigenvalue weighted by Crippen LogP contribution is 2.24. The van der Waals surface area contributed by atoms with Crippen LogP contribution < -0.4 is 10.2 Å². The third-order valence-electron chi connectivity index (χ3n) is 6.04. The van der Waals surface area contributed by atoms with Crippen LogP contribution in [0.3, 0.4) is 0 Å². The van der Waals surface area contributed by atoms with E-state index in [0.717, 1.165) is 23.3 Å². The van der Waals surface area contributed by atoms with E-state index in [-0.39, 0.29) is 18.9 Å². The number of unbranched alkanes of at least 4 members (excludes halogenated alkanes) is 2. The van der Waals surface area contributed by atoms with Gasteiger partial charge in [0, 0.05) is 36.2 Å². The van der Waals surface area contributed by atoms with Crippen molar-refractivity contribution in [1.29, 1.82) is 0 Å². The lowest BCUT2D eigenvalue weighted by atomic mass is 10.1. The summed E-state index contributed by atoms with van der Waals surface area (Å²) in [6, 6.07) is 27.8. The van der Waals surface area contributed by atoms with Crippen molar-refractivity contribution in [3.8, 4) is 17.1 Å². The number of benzene rings is 3. The average Bonchev–Trinajstić information content (AvgIpc) is 3.53. The molecule has 2 amide bonds. The van der Waals surface area contributed by atoms with E-state index < -0.39 is 12.4 Å². The standard InChI is InChI=1S/C31H32N2O5/c34-30(32-36)15-5-2-8-20-37-29-13-7-6-12-27(29)23-33(22-24-10-3-1-4-11-24)31(35)26-18-16-25(17-19-26)28-14-9-21-38-28/h1,3-4,6-7,9-14,16-19,21,36H,2,5,8,15,20,22-23H2,(H,32,34)/i23D. The zero-order valence-electron chi connectivity index (χ0n) is 22.1. The Labute approximate surface area is 224 Å². The monoisotopic (exact) mass is 513 g/mol. The van der Waals surface area contributed by atoms with E-state index >= 15 is 0 Å². The van der Waals surface area contributed by atoms with Gasteiger partial charge in [-0.15, -0.1) is 0 Å². The lowest BCUT2D eigenvalue weighted by Crippen LogP contribution is -2.30. The maximum absolute atomic E-state index is 13.8. The van der Waals surface area contributed by atoms with Crippen LogP contribution in [0.5, 0.6) is 5.75 Å². The maximum Gasteiger partial charge on any atom is 0.254 e. The molecule has 1 atom stereocenters. The van der Waals surface area contributed by atoms with Crippen LogP contribution in [-0.4, -0.2) is 28.5 Å². The van der Waals surface area contributed by atoms with Crippen molar-refractivity contribution in [3.63, 3.8) is 0 Å². The molecule has 0 saturated heterocycles. The van der Waals surface area contributed by atoms with Gasteiger partial charge < -0.3 is 14.1 Å². The molecular weight excluding hydrogens is 480 g/mol.